The van der Waals surface area contributed by atoms with Crippen LogP contribution >= 0.6 is 0 Å². The first-order valence-electron chi connectivity index (χ1n) is 3.75. The van der Waals surface area contributed by atoms with E-state index in [1.165, 1.54) is 13.2 Å². The number of ether oxygens (including phenoxy) is 2. The monoisotopic (exact) mass is 170 g/mol. The Morgan fingerprint density at radius 1 is 1.42 bits per heavy atom. The third kappa shape index (κ3) is 1.67. The van der Waals surface area contributed by atoms with Gasteiger partial charge in [-0.2, -0.15) is 0 Å². The lowest BCUT2D eigenvalue weighted by atomic mass is 10.3. The van der Waals surface area contributed by atoms with Gasteiger partial charge in [-0.15, -0.1) is 0 Å². The van der Waals surface area contributed by atoms with Crippen LogP contribution in [0, 0.1) is 5.82 Å². The van der Waals surface area contributed by atoms with Crippen molar-refractivity contribution in [2.45, 2.75) is 6.92 Å². The predicted molar refractivity (Wildman–Crippen MR) is 44.1 cm³/mol. The zero-order valence-corrected chi connectivity index (χ0v) is 7.13. The van der Waals surface area contributed by atoms with E-state index in [0.29, 0.717) is 12.4 Å². The standard InChI is InChI=1S/C9H11FO2/c1-3-12-8-6-4-5-7(10)9(8)11-2/h4-6H,3H2,1-2H3. The Morgan fingerprint density at radius 3 is 2.75 bits per heavy atom. The van der Waals surface area contributed by atoms with Crippen LogP contribution in [-0.4, -0.2) is 13.7 Å². The molecule has 0 unspecified atom stereocenters. The molecule has 0 N–H and O–H groups in total. The van der Waals surface area contributed by atoms with Gasteiger partial charge in [-0.05, 0) is 19.1 Å². The van der Waals surface area contributed by atoms with Crippen LogP contribution in [-0.2, 0) is 0 Å². The molecule has 0 aromatic heterocycles. The van der Waals surface area contributed by atoms with E-state index in [4.69, 9.17) is 9.47 Å². The third-order valence-corrected chi connectivity index (χ3v) is 1.43. The maximum absolute atomic E-state index is 13.0. The molecule has 12 heavy (non-hydrogen) atoms. The first-order chi connectivity index (χ1) is 5.79. The lowest BCUT2D eigenvalue weighted by molar-refractivity contribution is 0.301. The molecule has 0 bridgehead atoms. The molecule has 0 fully saturated rings. The summed E-state index contributed by atoms with van der Waals surface area (Å²) in [5.41, 5.74) is 0. The smallest absolute Gasteiger partial charge is 0.196 e. The van der Waals surface area contributed by atoms with Crippen molar-refractivity contribution in [3.8, 4) is 11.5 Å². The van der Waals surface area contributed by atoms with Crippen LogP contribution in [0.3, 0.4) is 0 Å². The highest BCUT2D eigenvalue weighted by molar-refractivity contribution is 5.40. The molecule has 1 rings (SSSR count). The van der Waals surface area contributed by atoms with E-state index < -0.39 is 5.82 Å². The molecule has 1 aromatic carbocycles. The Balaban J connectivity index is 3.00. The summed E-state index contributed by atoms with van der Waals surface area (Å²) in [6, 6.07) is 4.59. The average molecular weight is 170 g/mol. The molecule has 0 aliphatic carbocycles. The van der Waals surface area contributed by atoms with E-state index in [2.05, 4.69) is 0 Å². The maximum atomic E-state index is 13.0. The quantitative estimate of drug-likeness (QED) is 0.692. The van der Waals surface area contributed by atoms with E-state index in [1.54, 1.807) is 12.1 Å². The van der Waals surface area contributed by atoms with Crippen LogP contribution < -0.4 is 9.47 Å². The second-order valence-electron chi connectivity index (χ2n) is 2.20. The molecule has 1 aromatic rings. The molecule has 2 nitrogen and oxygen atoms in total. The number of hydrogen-bond acceptors (Lipinski definition) is 2. The Bertz CT molecular complexity index is 261. The van der Waals surface area contributed by atoms with Gasteiger partial charge in [-0.1, -0.05) is 6.07 Å². The second kappa shape index (κ2) is 3.95. The number of rotatable bonds is 3. The summed E-state index contributed by atoms with van der Waals surface area (Å²) in [5, 5.41) is 0. The molecule has 0 radical (unpaired) electrons. The van der Waals surface area contributed by atoms with Crippen molar-refractivity contribution in [2.75, 3.05) is 13.7 Å². The normalized spacial score (nSPS) is 9.58. The van der Waals surface area contributed by atoms with Gasteiger partial charge in [0.15, 0.2) is 17.3 Å². The van der Waals surface area contributed by atoms with Crippen molar-refractivity contribution in [1.29, 1.82) is 0 Å². The fraction of sp³-hybridized carbons (Fsp3) is 0.333. The van der Waals surface area contributed by atoms with Gasteiger partial charge >= 0.3 is 0 Å². The number of benzene rings is 1. The largest absolute Gasteiger partial charge is 0.490 e. The van der Waals surface area contributed by atoms with Gasteiger partial charge in [0.1, 0.15) is 0 Å². The molecule has 0 spiro atoms. The first kappa shape index (κ1) is 8.84. The highest BCUT2D eigenvalue weighted by atomic mass is 19.1. The molecule has 0 saturated carbocycles. The topological polar surface area (TPSA) is 18.5 Å². The molecular weight excluding hydrogens is 159 g/mol. The van der Waals surface area contributed by atoms with Crippen molar-refractivity contribution < 1.29 is 13.9 Å². The van der Waals surface area contributed by atoms with E-state index in [1.807, 2.05) is 6.92 Å². The Labute approximate surface area is 70.9 Å². The van der Waals surface area contributed by atoms with Crippen molar-refractivity contribution in [1.82, 2.24) is 0 Å². The molecular formula is C9H11FO2. The minimum Gasteiger partial charge on any atom is -0.490 e. The lowest BCUT2D eigenvalue weighted by Gasteiger charge is -2.08. The van der Waals surface area contributed by atoms with Gasteiger partial charge in [0.2, 0.25) is 0 Å². The average Bonchev–Trinajstić information content (AvgIpc) is 2.05. The zero-order chi connectivity index (χ0) is 8.97. The fourth-order valence-electron chi connectivity index (χ4n) is 0.956. The van der Waals surface area contributed by atoms with Crippen LogP contribution in [0.5, 0.6) is 11.5 Å². The zero-order valence-electron chi connectivity index (χ0n) is 7.13. The number of methoxy groups -OCH3 is 1. The molecule has 0 amide bonds. The molecule has 0 aliphatic heterocycles. The van der Waals surface area contributed by atoms with Crippen LogP contribution in [0.15, 0.2) is 18.2 Å². The Morgan fingerprint density at radius 2 is 2.17 bits per heavy atom. The number of para-hydroxylation sites is 1. The molecule has 66 valence electrons. The fourth-order valence-corrected chi connectivity index (χ4v) is 0.956. The molecule has 0 heterocycles. The second-order valence-corrected chi connectivity index (χ2v) is 2.20. The summed E-state index contributed by atoms with van der Waals surface area (Å²) in [7, 11) is 1.42. The summed E-state index contributed by atoms with van der Waals surface area (Å²) in [4.78, 5) is 0. The van der Waals surface area contributed by atoms with Crippen LogP contribution in [0.1, 0.15) is 6.92 Å². The van der Waals surface area contributed by atoms with E-state index in [0.717, 1.165) is 0 Å². The predicted octanol–water partition coefficient (Wildman–Crippen LogP) is 2.23. The van der Waals surface area contributed by atoms with Gasteiger partial charge < -0.3 is 9.47 Å². The van der Waals surface area contributed by atoms with Gasteiger partial charge in [0, 0.05) is 0 Å². The molecule has 0 saturated heterocycles. The minimum absolute atomic E-state index is 0.166. The Hall–Kier alpha value is -1.25. The van der Waals surface area contributed by atoms with Crippen molar-refractivity contribution in [3.63, 3.8) is 0 Å². The van der Waals surface area contributed by atoms with Crippen molar-refractivity contribution in [2.24, 2.45) is 0 Å². The number of halogens is 1. The van der Waals surface area contributed by atoms with Gasteiger partial charge in [-0.3, -0.25) is 0 Å². The molecule has 0 aliphatic rings. The van der Waals surface area contributed by atoms with Crippen LogP contribution in [0.2, 0.25) is 0 Å². The highest BCUT2D eigenvalue weighted by Crippen LogP contribution is 2.29. The van der Waals surface area contributed by atoms with Crippen LogP contribution in [0.25, 0.3) is 0 Å². The van der Waals surface area contributed by atoms with E-state index in [-0.39, 0.29) is 5.75 Å². The summed E-state index contributed by atoms with van der Waals surface area (Å²) < 4.78 is 22.9. The first-order valence-corrected chi connectivity index (χ1v) is 3.75. The number of hydrogen-bond donors (Lipinski definition) is 0. The van der Waals surface area contributed by atoms with Gasteiger partial charge in [-0.25, -0.2) is 4.39 Å². The van der Waals surface area contributed by atoms with Gasteiger partial charge in [0.05, 0.1) is 13.7 Å². The third-order valence-electron chi connectivity index (χ3n) is 1.43. The summed E-state index contributed by atoms with van der Waals surface area (Å²) in [5.74, 6) is 0.211. The molecule has 0 atom stereocenters. The van der Waals surface area contributed by atoms with Crippen molar-refractivity contribution >= 4 is 0 Å². The van der Waals surface area contributed by atoms with Gasteiger partial charge in [0.25, 0.3) is 0 Å². The van der Waals surface area contributed by atoms with Crippen LogP contribution in [0.4, 0.5) is 4.39 Å². The highest BCUT2D eigenvalue weighted by Gasteiger charge is 2.08. The summed E-state index contributed by atoms with van der Waals surface area (Å²) in [6.07, 6.45) is 0. The Kier molecular flexibility index (Phi) is 2.91. The summed E-state index contributed by atoms with van der Waals surface area (Å²) in [6.45, 7) is 2.34. The van der Waals surface area contributed by atoms with E-state index in [9.17, 15) is 4.39 Å². The van der Waals surface area contributed by atoms with Crippen molar-refractivity contribution in [3.05, 3.63) is 24.0 Å². The lowest BCUT2D eigenvalue weighted by Crippen LogP contribution is -1.96. The maximum Gasteiger partial charge on any atom is 0.196 e. The summed E-state index contributed by atoms with van der Waals surface area (Å²) >= 11 is 0. The molecule has 3 heteroatoms. The van der Waals surface area contributed by atoms with E-state index >= 15 is 0 Å². The SMILES string of the molecule is CCOc1cccc(F)c1OC. The minimum atomic E-state index is -0.400.